The molecular weight excluding hydrogens is 373 g/mol. The first-order chi connectivity index (χ1) is 9.54. The zero-order valence-corrected chi connectivity index (χ0v) is 13.0. The number of carbonyl (C=O) groups is 1. The molecular formula is C13H14IN3O3. The molecule has 1 heterocycles. The second-order valence-corrected chi connectivity index (χ2v) is 5.48. The predicted octanol–water partition coefficient (Wildman–Crippen LogP) is 1.23. The molecule has 1 aromatic heterocycles. The Bertz CT molecular complexity index is 712. The van der Waals surface area contributed by atoms with E-state index in [0.717, 1.165) is 6.42 Å². The molecule has 0 saturated heterocycles. The van der Waals surface area contributed by atoms with Gasteiger partial charge in [0.15, 0.2) is 5.75 Å². The van der Waals surface area contributed by atoms with Crippen LogP contribution in [0.3, 0.4) is 0 Å². The molecule has 0 unspecified atom stereocenters. The maximum Gasteiger partial charge on any atom is 0.261 e. The minimum Gasteiger partial charge on any atom is -0.505 e. The highest BCUT2D eigenvalue weighted by atomic mass is 127. The Hall–Kier alpha value is -1.64. The van der Waals surface area contributed by atoms with Gasteiger partial charge in [0, 0.05) is 6.54 Å². The Balaban J connectivity index is 2.38. The summed E-state index contributed by atoms with van der Waals surface area (Å²) < 4.78 is 1.86. The van der Waals surface area contributed by atoms with Crippen LogP contribution in [0.2, 0.25) is 0 Å². The average molecular weight is 387 g/mol. The number of benzene rings is 1. The summed E-state index contributed by atoms with van der Waals surface area (Å²) in [6.45, 7) is 2.45. The predicted molar refractivity (Wildman–Crippen MR) is 83.7 cm³/mol. The molecule has 1 amide bonds. The molecule has 0 spiro atoms. The highest BCUT2D eigenvalue weighted by Crippen LogP contribution is 2.25. The number of hydrogen-bond acceptors (Lipinski definition) is 4. The third-order valence-electron chi connectivity index (χ3n) is 2.81. The first-order valence-corrected chi connectivity index (χ1v) is 7.25. The fourth-order valence-electron chi connectivity index (χ4n) is 1.78. The van der Waals surface area contributed by atoms with Gasteiger partial charge < -0.3 is 10.4 Å². The Labute approximate surface area is 129 Å². The zero-order valence-electron chi connectivity index (χ0n) is 10.9. The molecule has 0 fully saturated rings. The molecule has 0 aliphatic rings. The standard InChI is InChI=1S/C13H14IN3O3/c1-2-5-15-10(18)6-17-7-16-11-8(13(17)20)3-4-9(14)12(11)19/h3-4,7,19H,2,5-6H2,1H3,(H,15,18). The van der Waals surface area contributed by atoms with Gasteiger partial charge in [-0.05, 0) is 41.1 Å². The van der Waals surface area contributed by atoms with E-state index in [2.05, 4.69) is 10.3 Å². The zero-order chi connectivity index (χ0) is 14.7. The van der Waals surface area contributed by atoms with Crippen LogP contribution in [0.15, 0.2) is 23.3 Å². The average Bonchev–Trinajstić information content (AvgIpc) is 2.43. The molecule has 0 atom stereocenters. The van der Waals surface area contributed by atoms with Crippen LogP contribution in [-0.2, 0) is 11.3 Å². The van der Waals surface area contributed by atoms with Gasteiger partial charge in [-0.3, -0.25) is 14.2 Å². The number of amides is 1. The lowest BCUT2D eigenvalue weighted by atomic mass is 10.2. The summed E-state index contributed by atoms with van der Waals surface area (Å²) in [4.78, 5) is 27.9. The van der Waals surface area contributed by atoms with Crippen LogP contribution in [0.1, 0.15) is 13.3 Å². The van der Waals surface area contributed by atoms with Crippen LogP contribution in [0.4, 0.5) is 0 Å². The number of phenolic OH excluding ortho intramolecular Hbond substituents is 1. The maximum atomic E-state index is 12.2. The van der Waals surface area contributed by atoms with E-state index in [0.29, 0.717) is 15.5 Å². The van der Waals surface area contributed by atoms with Crippen molar-refractivity contribution in [2.75, 3.05) is 6.54 Å². The lowest BCUT2D eigenvalue weighted by Crippen LogP contribution is -2.32. The number of carbonyl (C=O) groups excluding carboxylic acids is 1. The maximum absolute atomic E-state index is 12.2. The first kappa shape index (κ1) is 14.8. The Morgan fingerprint density at radius 1 is 1.50 bits per heavy atom. The topological polar surface area (TPSA) is 84.2 Å². The van der Waals surface area contributed by atoms with Crippen LogP contribution < -0.4 is 10.9 Å². The summed E-state index contributed by atoms with van der Waals surface area (Å²) in [5.41, 5.74) is -0.0829. The molecule has 0 radical (unpaired) electrons. The number of nitrogens with zero attached hydrogens (tertiary/aromatic N) is 2. The highest BCUT2D eigenvalue weighted by molar-refractivity contribution is 14.1. The Morgan fingerprint density at radius 2 is 2.25 bits per heavy atom. The molecule has 0 saturated carbocycles. The third-order valence-corrected chi connectivity index (χ3v) is 3.68. The molecule has 1 aromatic carbocycles. The van der Waals surface area contributed by atoms with Crippen molar-refractivity contribution in [2.24, 2.45) is 0 Å². The number of fused-ring (bicyclic) bond motifs is 1. The summed E-state index contributed by atoms with van der Waals surface area (Å²) in [6, 6.07) is 3.25. The highest BCUT2D eigenvalue weighted by Gasteiger charge is 2.11. The van der Waals surface area contributed by atoms with Crippen molar-refractivity contribution in [3.63, 3.8) is 0 Å². The fraction of sp³-hybridized carbons (Fsp3) is 0.308. The van der Waals surface area contributed by atoms with Crippen LogP contribution in [0.25, 0.3) is 10.9 Å². The van der Waals surface area contributed by atoms with E-state index in [-0.39, 0.29) is 29.3 Å². The molecule has 2 aromatic rings. The minimum atomic E-state index is -0.339. The van der Waals surface area contributed by atoms with Crippen LogP contribution >= 0.6 is 22.6 Å². The van der Waals surface area contributed by atoms with E-state index in [1.165, 1.54) is 10.9 Å². The van der Waals surface area contributed by atoms with Gasteiger partial charge in [-0.25, -0.2) is 4.98 Å². The smallest absolute Gasteiger partial charge is 0.261 e. The largest absolute Gasteiger partial charge is 0.505 e. The summed E-state index contributed by atoms with van der Waals surface area (Å²) in [5.74, 6) is -0.243. The van der Waals surface area contributed by atoms with Crippen molar-refractivity contribution in [1.29, 1.82) is 0 Å². The van der Waals surface area contributed by atoms with E-state index >= 15 is 0 Å². The van der Waals surface area contributed by atoms with Crippen molar-refractivity contribution in [3.05, 3.63) is 32.4 Å². The normalized spacial score (nSPS) is 10.7. The van der Waals surface area contributed by atoms with Gasteiger partial charge in [0.25, 0.3) is 5.56 Å². The second kappa shape index (κ2) is 6.21. The SMILES string of the molecule is CCCNC(=O)Cn1cnc2c(O)c(I)ccc2c1=O. The number of rotatable bonds is 4. The van der Waals surface area contributed by atoms with Crippen molar-refractivity contribution in [2.45, 2.75) is 19.9 Å². The Kier molecular flexibility index (Phi) is 4.58. The molecule has 6 nitrogen and oxygen atoms in total. The van der Waals surface area contributed by atoms with E-state index in [1.54, 1.807) is 12.1 Å². The summed E-state index contributed by atoms with van der Waals surface area (Å²) in [7, 11) is 0. The van der Waals surface area contributed by atoms with Gasteiger partial charge in [0.2, 0.25) is 5.91 Å². The van der Waals surface area contributed by atoms with E-state index in [9.17, 15) is 14.7 Å². The third kappa shape index (κ3) is 2.92. The molecule has 7 heteroatoms. The van der Waals surface area contributed by atoms with Crippen molar-refractivity contribution in [1.82, 2.24) is 14.9 Å². The number of nitrogens with one attached hydrogen (secondary N) is 1. The Morgan fingerprint density at radius 3 is 2.95 bits per heavy atom. The molecule has 0 bridgehead atoms. The lowest BCUT2D eigenvalue weighted by Gasteiger charge is -2.08. The van der Waals surface area contributed by atoms with Gasteiger partial charge in [-0.15, -0.1) is 0 Å². The second-order valence-electron chi connectivity index (χ2n) is 4.32. The first-order valence-electron chi connectivity index (χ1n) is 6.18. The molecule has 20 heavy (non-hydrogen) atoms. The van der Waals surface area contributed by atoms with Crippen molar-refractivity contribution in [3.8, 4) is 5.75 Å². The molecule has 2 N–H and O–H groups in total. The van der Waals surface area contributed by atoms with Crippen molar-refractivity contribution >= 4 is 39.4 Å². The lowest BCUT2D eigenvalue weighted by molar-refractivity contribution is -0.121. The van der Waals surface area contributed by atoms with Crippen LogP contribution in [-0.4, -0.2) is 27.1 Å². The monoisotopic (exact) mass is 387 g/mol. The van der Waals surface area contributed by atoms with E-state index in [4.69, 9.17) is 0 Å². The van der Waals surface area contributed by atoms with Crippen LogP contribution in [0.5, 0.6) is 5.75 Å². The quantitative estimate of drug-likeness (QED) is 0.774. The number of hydrogen-bond donors (Lipinski definition) is 2. The van der Waals surface area contributed by atoms with Gasteiger partial charge in [-0.2, -0.15) is 0 Å². The molecule has 0 aliphatic carbocycles. The van der Waals surface area contributed by atoms with Gasteiger partial charge in [0.1, 0.15) is 12.1 Å². The summed E-state index contributed by atoms with van der Waals surface area (Å²) in [5, 5.41) is 12.9. The minimum absolute atomic E-state index is 0.0113. The van der Waals surface area contributed by atoms with Crippen molar-refractivity contribution < 1.29 is 9.90 Å². The summed E-state index contributed by atoms with van der Waals surface area (Å²) in [6.07, 6.45) is 2.12. The van der Waals surface area contributed by atoms with Gasteiger partial charge in [0.05, 0.1) is 15.3 Å². The number of aromatic nitrogens is 2. The molecule has 2 rings (SSSR count). The van der Waals surface area contributed by atoms with Gasteiger partial charge in [-0.1, -0.05) is 6.92 Å². The molecule has 0 aliphatic heterocycles. The van der Waals surface area contributed by atoms with Crippen LogP contribution in [0, 0.1) is 3.57 Å². The number of aromatic hydroxyl groups is 1. The number of halogens is 1. The number of phenols is 1. The van der Waals surface area contributed by atoms with Gasteiger partial charge >= 0.3 is 0 Å². The van der Waals surface area contributed by atoms with E-state index < -0.39 is 0 Å². The summed E-state index contributed by atoms with van der Waals surface area (Å²) >= 11 is 1.96. The van der Waals surface area contributed by atoms with E-state index in [1.807, 2.05) is 29.5 Å². The molecule has 106 valence electrons. The fourth-order valence-corrected chi connectivity index (χ4v) is 2.22.